The fourth-order valence-corrected chi connectivity index (χ4v) is 4.91. The summed E-state index contributed by atoms with van der Waals surface area (Å²) in [5, 5.41) is 0. The number of fused-ring (bicyclic) bond motifs is 4. The SMILES string of the molecule is O=C1C2=C(N=C3CCCC(=O)C3[C@H]2c2ccc3c(c2)OCO3)c2ccccc21. The van der Waals surface area contributed by atoms with Crippen molar-refractivity contribution in [1.82, 2.24) is 0 Å². The molecule has 0 N–H and O–H groups in total. The molecule has 2 aromatic rings. The molecule has 0 spiro atoms. The highest BCUT2D eigenvalue weighted by atomic mass is 16.7. The minimum atomic E-state index is -0.369. The molecule has 6 rings (SSSR count). The number of rotatable bonds is 1. The molecule has 1 saturated carbocycles. The van der Waals surface area contributed by atoms with Crippen molar-refractivity contribution < 1.29 is 19.1 Å². The predicted octanol–water partition coefficient (Wildman–Crippen LogP) is 3.93. The van der Waals surface area contributed by atoms with Gasteiger partial charge in [0.1, 0.15) is 5.78 Å². The number of allylic oxidation sites excluding steroid dienone is 1. The van der Waals surface area contributed by atoms with E-state index in [9.17, 15) is 9.59 Å². The van der Waals surface area contributed by atoms with Gasteiger partial charge in [-0.15, -0.1) is 0 Å². The Kier molecular flexibility index (Phi) is 3.19. The average Bonchev–Trinajstić information content (AvgIpc) is 3.30. The zero-order valence-electron chi connectivity index (χ0n) is 15.1. The third kappa shape index (κ3) is 2.04. The van der Waals surface area contributed by atoms with Gasteiger partial charge in [0.25, 0.3) is 0 Å². The molecule has 2 aromatic carbocycles. The lowest BCUT2D eigenvalue weighted by atomic mass is 9.69. The van der Waals surface area contributed by atoms with E-state index >= 15 is 0 Å². The van der Waals surface area contributed by atoms with Crippen LogP contribution in [-0.4, -0.2) is 24.1 Å². The van der Waals surface area contributed by atoms with Gasteiger partial charge in [-0.1, -0.05) is 30.3 Å². The number of ether oxygens (including phenoxy) is 2. The van der Waals surface area contributed by atoms with Crippen molar-refractivity contribution in [2.24, 2.45) is 10.9 Å². The molecule has 1 unspecified atom stereocenters. The number of aliphatic imine (C=N–C) groups is 1. The van der Waals surface area contributed by atoms with E-state index in [-0.39, 0.29) is 30.2 Å². The highest BCUT2D eigenvalue weighted by molar-refractivity contribution is 6.25. The van der Waals surface area contributed by atoms with Crippen molar-refractivity contribution in [3.05, 3.63) is 64.7 Å². The molecule has 0 aromatic heterocycles. The van der Waals surface area contributed by atoms with Gasteiger partial charge in [0.05, 0.1) is 11.6 Å². The molecule has 4 aliphatic rings. The molecule has 138 valence electrons. The van der Waals surface area contributed by atoms with Crippen molar-refractivity contribution in [1.29, 1.82) is 0 Å². The van der Waals surface area contributed by atoms with Crippen LogP contribution in [0.4, 0.5) is 0 Å². The molecule has 0 amide bonds. The van der Waals surface area contributed by atoms with Gasteiger partial charge < -0.3 is 9.47 Å². The molecule has 1 fully saturated rings. The summed E-state index contributed by atoms with van der Waals surface area (Å²) in [4.78, 5) is 31.1. The second kappa shape index (κ2) is 5.64. The molecule has 28 heavy (non-hydrogen) atoms. The number of Topliss-reactive ketones (excluding diaryl/α,β-unsaturated/α-hetero) is 2. The summed E-state index contributed by atoms with van der Waals surface area (Å²) in [6, 6.07) is 13.3. The fraction of sp³-hybridized carbons (Fsp3) is 0.261. The van der Waals surface area contributed by atoms with E-state index < -0.39 is 0 Å². The Balaban J connectivity index is 1.58. The third-order valence-corrected chi connectivity index (χ3v) is 6.14. The summed E-state index contributed by atoms with van der Waals surface area (Å²) in [6.45, 7) is 0.191. The highest BCUT2D eigenvalue weighted by Gasteiger charge is 2.47. The van der Waals surface area contributed by atoms with Crippen molar-refractivity contribution >= 4 is 23.0 Å². The summed E-state index contributed by atoms with van der Waals surface area (Å²) in [5.74, 6) is 0.807. The normalized spacial score (nSPS) is 24.6. The van der Waals surface area contributed by atoms with E-state index in [1.165, 1.54) is 0 Å². The monoisotopic (exact) mass is 371 g/mol. The van der Waals surface area contributed by atoms with Crippen LogP contribution >= 0.6 is 0 Å². The van der Waals surface area contributed by atoms with E-state index in [4.69, 9.17) is 14.5 Å². The topological polar surface area (TPSA) is 65.0 Å². The Morgan fingerprint density at radius 1 is 0.893 bits per heavy atom. The van der Waals surface area contributed by atoms with Crippen molar-refractivity contribution in [2.45, 2.75) is 25.2 Å². The Hall–Kier alpha value is -3.21. The smallest absolute Gasteiger partial charge is 0.231 e. The minimum absolute atomic E-state index is 0.0190. The summed E-state index contributed by atoms with van der Waals surface area (Å²) in [5.41, 5.74) is 4.74. The van der Waals surface area contributed by atoms with Gasteiger partial charge in [-0.3, -0.25) is 14.6 Å². The second-order valence-electron chi connectivity index (χ2n) is 7.63. The van der Waals surface area contributed by atoms with E-state index in [0.717, 1.165) is 35.4 Å². The quantitative estimate of drug-likeness (QED) is 0.762. The van der Waals surface area contributed by atoms with Crippen molar-refractivity contribution in [3.63, 3.8) is 0 Å². The maximum atomic E-state index is 13.3. The van der Waals surface area contributed by atoms with E-state index in [2.05, 4.69) is 0 Å². The Morgan fingerprint density at radius 3 is 2.61 bits per heavy atom. The van der Waals surface area contributed by atoms with Crippen molar-refractivity contribution in [2.75, 3.05) is 6.79 Å². The molecular formula is C23H17NO4. The third-order valence-electron chi connectivity index (χ3n) is 6.14. The second-order valence-corrected chi connectivity index (χ2v) is 7.63. The van der Waals surface area contributed by atoms with Gasteiger partial charge in [-0.05, 0) is 30.5 Å². The standard InChI is InChI=1S/C23H17NO4/c25-16-7-3-6-15-20(16)19(12-8-9-17-18(10-12)28-11-27-17)21-22(24-15)13-4-1-2-5-14(13)23(21)26/h1-2,4-5,8-10,19-20H,3,6-7,11H2/t19-,20?/m1/s1. The van der Waals surface area contributed by atoms with Crippen LogP contribution in [0.3, 0.4) is 0 Å². The number of benzene rings is 2. The molecule has 5 nitrogen and oxygen atoms in total. The van der Waals surface area contributed by atoms with Gasteiger partial charge in [-0.25, -0.2) is 0 Å². The summed E-state index contributed by atoms with van der Waals surface area (Å²) >= 11 is 0. The van der Waals surface area contributed by atoms with Crippen molar-refractivity contribution in [3.8, 4) is 11.5 Å². The number of carbonyl (C=O) groups is 2. The molecule has 0 bridgehead atoms. The van der Waals surface area contributed by atoms with Crippen LogP contribution in [0.15, 0.2) is 53.0 Å². The van der Waals surface area contributed by atoms with Gasteiger partial charge in [0.15, 0.2) is 17.3 Å². The molecular weight excluding hydrogens is 354 g/mol. The first-order valence-corrected chi connectivity index (χ1v) is 9.60. The Labute approximate surface area is 161 Å². The number of carbonyl (C=O) groups excluding carboxylic acids is 2. The summed E-state index contributed by atoms with van der Waals surface area (Å²) in [7, 11) is 0. The molecule has 2 atom stereocenters. The summed E-state index contributed by atoms with van der Waals surface area (Å²) in [6.07, 6.45) is 2.15. The molecule has 0 radical (unpaired) electrons. The fourth-order valence-electron chi connectivity index (χ4n) is 4.91. The van der Waals surface area contributed by atoms with Gasteiger partial charge in [0.2, 0.25) is 6.79 Å². The van der Waals surface area contributed by atoms with Crippen LogP contribution in [-0.2, 0) is 4.79 Å². The van der Waals surface area contributed by atoms with Crippen LogP contribution in [0, 0.1) is 5.92 Å². The van der Waals surface area contributed by atoms with Gasteiger partial charge in [-0.2, -0.15) is 0 Å². The Bertz CT molecular complexity index is 1130. The first-order chi connectivity index (χ1) is 13.7. The number of hydrogen-bond donors (Lipinski definition) is 0. The lowest BCUT2D eigenvalue weighted by Crippen LogP contribution is -2.37. The molecule has 0 saturated heterocycles. The first-order valence-electron chi connectivity index (χ1n) is 9.60. The molecule has 2 aliphatic carbocycles. The van der Waals surface area contributed by atoms with E-state index in [1.54, 1.807) is 0 Å². The molecule has 2 heterocycles. The highest BCUT2D eigenvalue weighted by Crippen LogP contribution is 2.50. The van der Waals surface area contributed by atoms with E-state index in [0.29, 0.717) is 29.1 Å². The lowest BCUT2D eigenvalue weighted by Gasteiger charge is -2.34. The molecule has 2 aliphatic heterocycles. The zero-order chi connectivity index (χ0) is 18.8. The van der Waals surface area contributed by atoms with Crippen LogP contribution in [0.25, 0.3) is 5.70 Å². The molecule has 5 heteroatoms. The maximum absolute atomic E-state index is 13.3. The van der Waals surface area contributed by atoms with Crippen LogP contribution < -0.4 is 9.47 Å². The first kappa shape index (κ1) is 15.8. The van der Waals surface area contributed by atoms with Crippen LogP contribution in [0.1, 0.15) is 46.7 Å². The average molecular weight is 371 g/mol. The Morgan fingerprint density at radius 2 is 1.71 bits per heavy atom. The van der Waals surface area contributed by atoms with Gasteiger partial charge >= 0.3 is 0 Å². The zero-order valence-corrected chi connectivity index (χ0v) is 15.1. The maximum Gasteiger partial charge on any atom is 0.231 e. The summed E-state index contributed by atoms with van der Waals surface area (Å²) < 4.78 is 11.0. The number of hydrogen-bond acceptors (Lipinski definition) is 5. The lowest BCUT2D eigenvalue weighted by molar-refractivity contribution is -0.121. The van der Waals surface area contributed by atoms with Gasteiger partial charge in [0, 0.05) is 34.8 Å². The predicted molar refractivity (Wildman–Crippen MR) is 103 cm³/mol. The minimum Gasteiger partial charge on any atom is -0.454 e. The van der Waals surface area contributed by atoms with Crippen LogP contribution in [0.2, 0.25) is 0 Å². The van der Waals surface area contributed by atoms with Crippen LogP contribution in [0.5, 0.6) is 11.5 Å². The number of ketones is 2. The largest absolute Gasteiger partial charge is 0.454 e. The number of nitrogens with zero attached hydrogens (tertiary/aromatic N) is 1. The van der Waals surface area contributed by atoms with E-state index in [1.807, 2.05) is 42.5 Å².